The molecule has 0 saturated heterocycles. The number of hydrogen-bond donors (Lipinski definition) is 1. The average molecular weight is 259 g/mol. The van der Waals surface area contributed by atoms with Crippen LogP contribution in [-0.2, 0) is 13.1 Å². The van der Waals surface area contributed by atoms with Crippen LogP contribution in [0.2, 0.25) is 0 Å². The first-order valence-corrected chi connectivity index (χ1v) is 6.45. The van der Waals surface area contributed by atoms with Crippen LogP contribution in [0.5, 0.6) is 0 Å². The van der Waals surface area contributed by atoms with Gasteiger partial charge in [-0.3, -0.25) is 0 Å². The Morgan fingerprint density at radius 2 is 2.05 bits per heavy atom. The summed E-state index contributed by atoms with van der Waals surface area (Å²) in [5, 5.41) is 3.34. The van der Waals surface area contributed by atoms with E-state index in [0.29, 0.717) is 6.54 Å². The second-order valence-electron chi connectivity index (χ2n) is 5.04. The molecular weight excluding hydrogens is 238 g/mol. The Balaban J connectivity index is 1.99. The first kappa shape index (κ1) is 13.6. The van der Waals surface area contributed by atoms with Crippen LogP contribution < -0.4 is 5.32 Å². The molecule has 0 saturated carbocycles. The molecule has 0 aliphatic heterocycles. The highest BCUT2D eigenvalue weighted by Gasteiger charge is 2.05. The SMILES string of the molecule is Cc1nc(CNc2cccc(CN(C)C)c2)oc1C. The molecule has 19 heavy (non-hydrogen) atoms. The van der Waals surface area contributed by atoms with Crippen LogP contribution in [0.15, 0.2) is 28.7 Å². The van der Waals surface area contributed by atoms with Crippen LogP contribution in [0.3, 0.4) is 0 Å². The molecule has 0 atom stereocenters. The molecule has 4 nitrogen and oxygen atoms in total. The first-order valence-electron chi connectivity index (χ1n) is 6.45. The maximum Gasteiger partial charge on any atom is 0.213 e. The zero-order valence-corrected chi connectivity index (χ0v) is 12.0. The second kappa shape index (κ2) is 5.89. The Labute approximate surface area is 114 Å². The molecule has 0 radical (unpaired) electrons. The van der Waals surface area contributed by atoms with Crippen molar-refractivity contribution in [1.29, 1.82) is 0 Å². The van der Waals surface area contributed by atoms with Crippen molar-refractivity contribution in [2.45, 2.75) is 26.9 Å². The number of hydrogen-bond acceptors (Lipinski definition) is 4. The molecule has 0 aliphatic carbocycles. The molecule has 2 rings (SSSR count). The molecule has 0 spiro atoms. The van der Waals surface area contributed by atoms with Crippen molar-refractivity contribution in [3.05, 3.63) is 47.2 Å². The van der Waals surface area contributed by atoms with Gasteiger partial charge in [0.05, 0.1) is 12.2 Å². The molecule has 102 valence electrons. The Morgan fingerprint density at radius 1 is 1.26 bits per heavy atom. The zero-order valence-electron chi connectivity index (χ0n) is 12.0. The molecule has 0 amide bonds. The van der Waals surface area contributed by atoms with E-state index in [1.807, 2.05) is 13.8 Å². The minimum Gasteiger partial charge on any atom is -0.444 e. The molecule has 1 aromatic heterocycles. The van der Waals surface area contributed by atoms with E-state index in [-0.39, 0.29) is 0 Å². The summed E-state index contributed by atoms with van der Waals surface area (Å²) in [6.07, 6.45) is 0. The third-order valence-corrected chi connectivity index (χ3v) is 2.94. The summed E-state index contributed by atoms with van der Waals surface area (Å²) in [5.41, 5.74) is 3.33. The Hall–Kier alpha value is -1.81. The normalized spacial score (nSPS) is 11.0. The van der Waals surface area contributed by atoms with Gasteiger partial charge in [0.15, 0.2) is 0 Å². The van der Waals surface area contributed by atoms with Crippen LogP contribution >= 0.6 is 0 Å². The van der Waals surface area contributed by atoms with Crippen molar-refractivity contribution in [2.24, 2.45) is 0 Å². The van der Waals surface area contributed by atoms with Gasteiger partial charge in [0.1, 0.15) is 5.76 Å². The van der Waals surface area contributed by atoms with Crippen LogP contribution in [-0.4, -0.2) is 24.0 Å². The van der Waals surface area contributed by atoms with Crippen LogP contribution in [0, 0.1) is 13.8 Å². The highest BCUT2D eigenvalue weighted by atomic mass is 16.4. The standard InChI is InChI=1S/C15H21N3O/c1-11-12(2)19-15(17-11)9-16-14-7-5-6-13(8-14)10-18(3)4/h5-8,16H,9-10H2,1-4H3. The van der Waals surface area contributed by atoms with E-state index < -0.39 is 0 Å². The molecule has 0 bridgehead atoms. The highest BCUT2D eigenvalue weighted by Crippen LogP contribution is 2.14. The summed E-state index contributed by atoms with van der Waals surface area (Å²) in [7, 11) is 4.14. The number of benzene rings is 1. The summed E-state index contributed by atoms with van der Waals surface area (Å²) in [5.74, 6) is 1.62. The van der Waals surface area contributed by atoms with Crippen molar-refractivity contribution in [3.63, 3.8) is 0 Å². The number of aryl methyl sites for hydroxylation is 2. The van der Waals surface area contributed by atoms with Gasteiger partial charge in [-0.15, -0.1) is 0 Å². The van der Waals surface area contributed by atoms with Gasteiger partial charge in [0.25, 0.3) is 0 Å². The maximum atomic E-state index is 5.55. The fourth-order valence-corrected chi connectivity index (χ4v) is 1.94. The summed E-state index contributed by atoms with van der Waals surface area (Å²) in [4.78, 5) is 6.51. The lowest BCUT2D eigenvalue weighted by Crippen LogP contribution is -2.10. The van der Waals surface area contributed by atoms with E-state index in [0.717, 1.165) is 29.6 Å². The highest BCUT2D eigenvalue weighted by molar-refractivity contribution is 5.45. The lowest BCUT2D eigenvalue weighted by atomic mass is 10.2. The number of nitrogens with zero attached hydrogens (tertiary/aromatic N) is 2. The molecule has 1 aromatic carbocycles. The van der Waals surface area contributed by atoms with Gasteiger partial charge in [0, 0.05) is 12.2 Å². The minimum absolute atomic E-state index is 0.611. The lowest BCUT2D eigenvalue weighted by molar-refractivity contribution is 0.402. The smallest absolute Gasteiger partial charge is 0.213 e. The van der Waals surface area contributed by atoms with Gasteiger partial charge in [-0.05, 0) is 45.6 Å². The number of oxazole rings is 1. The number of anilines is 1. The van der Waals surface area contributed by atoms with Crippen LogP contribution in [0.4, 0.5) is 5.69 Å². The van der Waals surface area contributed by atoms with E-state index in [9.17, 15) is 0 Å². The van der Waals surface area contributed by atoms with Crippen molar-refractivity contribution in [2.75, 3.05) is 19.4 Å². The van der Waals surface area contributed by atoms with E-state index in [1.54, 1.807) is 0 Å². The van der Waals surface area contributed by atoms with Gasteiger partial charge in [-0.2, -0.15) is 0 Å². The number of rotatable bonds is 5. The monoisotopic (exact) mass is 259 g/mol. The van der Waals surface area contributed by atoms with Crippen LogP contribution in [0.25, 0.3) is 0 Å². The van der Waals surface area contributed by atoms with Gasteiger partial charge in [-0.25, -0.2) is 4.98 Å². The molecule has 0 unspecified atom stereocenters. The summed E-state index contributed by atoms with van der Waals surface area (Å²) >= 11 is 0. The van der Waals surface area contributed by atoms with E-state index in [2.05, 4.69) is 53.6 Å². The van der Waals surface area contributed by atoms with Gasteiger partial charge in [-0.1, -0.05) is 12.1 Å². The molecule has 4 heteroatoms. The second-order valence-corrected chi connectivity index (χ2v) is 5.04. The third-order valence-electron chi connectivity index (χ3n) is 2.94. The Kier molecular flexibility index (Phi) is 4.22. The number of aromatic nitrogens is 1. The van der Waals surface area contributed by atoms with E-state index in [1.165, 1.54) is 5.56 Å². The van der Waals surface area contributed by atoms with Crippen molar-refractivity contribution in [1.82, 2.24) is 9.88 Å². The first-order chi connectivity index (χ1) is 9.04. The largest absolute Gasteiger partial charge is 0.444 e. The van der Waals surface area contributed by atoms with E-state index in [4.69, 9.17) is 4.42 Å². The van der Waals surface area contributed by atoms with Crippen molar-refractivity contribution in [3.8, 4) is 0 Å². The van der Waals surface area contributed by atoms with E-state index >= 15 is 0 Å². The third kappa shape index (κ3) is 3.83. The molecule has 0 aliphatic rings. The molecule has 1 heterocycles. The van der Waals surface area contributed by atoms with Crippen molar-refractivity contribution >= 4 is 5.69 Å². The number of nitrogens with one attached hydrogen (secondary N) is 1. The summed E-state index contributed by atoms with van der Waals surface area (Å²) < 4.78 is 5.55. The quantitative estimate of drug-likeness (QED) is 0.896. The lowest BCUT2D eigenvalue weighted by Gasteiger charge is -2.11. The predicted molar refractivity (Wildman–Crippen MR) is 77.1 cm³/mol. The molecule has 2 aromatic rings. The van der Waals surface area contributed by atoms with Gasteiger partial charge in [0.2, 0.25) is 5.89 Å². The Morgan fingerprint density at radius 3 is 2.68 bits per heavy atom. The fourth-order valence-electron chi connectivity index (χ4n) is 1.94. The van der Waals surface area contributed by atoms with Crippen LogP contribution in [0.1, 0.15) is 22.9 Å². The fraction of sp³-hybridized carbons (Fsp3) is 0.400. The Bertz CT molecular complexity index is 527. The topological polar surface area (TPSA) is 41.3 Å². The molecule has 1 N–H and O–H groups in total. The minimum atomic E-state index is 0.611. The predicted octanol–water partition coefficient (Wildman–Crippen LogP) is 2.97. The van der Waals surface area contributed by atoms with Gasteiger partial charge >= 0.3 is 0 Å². The maximum absolute atomic E-state index is 5.55. The summed E-state index contributed by atoms with van der Waals surface area (Å²) in [6, 6.07) is 8.41. The van der Waals surface area contributed by atoms with Gasteiger partial charge < -0.3 is 14.6 Å². The molecule has 0 fully saturated rings. The zero-order chi connectivity index (χ0) is 13.8. The van der Waals surface area contributed by atoms with Crippen molar-refractivity contribution < 1.29 is 4.42 Å². The average Bonchev–Trinajstić information content (AvgIpc) is 2.66. The summed E-state index contributed by atoms with van der Waals surface area (Å²) in [6.45, 7) is 5.44. The molecular formula is C15H21N3O.